The molecule has 0 aromatic carbocycles. The largest absolute Gasteiger partial charge is 0.393 e. The highest BCUT2D eigenvalue weighted by Gasteiger charge is 2.16. The molecule has 0 fully saturated rings. The van der Waals surface area contributed by atoms with Crippen LogP contribution in [0.1, 0.15) is 5.69 Å². The molecule has 0 aliphatic rings. The number of aromatic nitrogens is 3. The SMILES string of the molecule is NC(=S)Cc1c(-c2ccncc2)nc2c(F)cccn12. The van der Waals surface area contributed by atoms with Gasteiger partial charge in [0.25, 0.3) is 0 Å². The maximum absolute atomic E-state index is 13.9. The average molecular weight is 286 g/mol. The van der Waals surface area contributed by atoms with Gasteiger partial charge in [0.2, 0.25) is 0 Å². The van der Waals surface area contributed by atoms with Gasteiger partial charge in [0, 0.05) is 30.6 Å². The van der Waals surface area contributed by atoms with Crippen LogP contribution in [0, 0.1) is 5.82 Å². The van der Waals surface area contributed by atoms with Gasteiger partial charge in [-0.2, -0.15) is 0 Å². The maximum Gasteiger partial charge on any atom is 0.173 e. The van der Waals surface area contributed by atoms with E-state index < -0.39 is 0 Å². The van der Waals surface area contributed by atoms with Crippen molar-refractivity contribution < 1.29 is 4.39 Å². The Morgan fingerprint density at radius 1 is 1.30 bits per heavy atom. The quantitative estimate of drug-likeness (QED) is 0.751. The van der Waals surface area contributed by atoms with E-state index in [0.29, 0.717) is 17.1 Å². The lowest BCUT2D eigenvalue weighted by molar-refractivity contribution is 0.629. The molecule has 2 N–H and O–H groups in total. The van der Waals surface area contributed by atoms with Gasteiger partial charge in [0.1, 0.15) is 0 Å². The van der Waals surface area contributed by atoms with Crippen LogP contribution in [0.15, 0.2) is 42.9 Å². The topological polar surface area (TPSA) is 56.2 Å². The van der Waals surface area contributed by atoms with Crippen molar-refractivity contribution in [3.8, 4) is 11.3 Å². The number of nitrogens with zero attached hydrogens (tertiary/aromatic N) is 3. The first-order chi connectivity index (χ1) is 9.66. The third kappa shape index (κ3) is 2.14. The molecule has 0 saturated carbocycles. The standard InChI is InChI=1S/C14H11FN4S/c15-10-2-1-7-19-11(8-12(16)20)13(18-14(10)19)9-3-5-17-6-4-9/h1-7H,8H2,(H2,16,20). The number of hydrogen-bond acceptors (Lipinski definition) is 3. The Balaban J connectivity index is 2.30. The molecule has 20 heavy (non-hydrogen) atoms. The first-order valence-corrected chi connectivity index (χ1v) is 6.42. The molecule has 0 atom stereocenters. The molecule has 0 aliphatic heterocycles. The fourth-order valence-electron chi connectivity index (χ4n) is 2.16. The highest BCUT2D eigenvalue weighted by Crippen LogP contribution is 2.25. The summed E-state index contributed by atoms with van der Waals surface area (Å²) in [7, 11) is 0. The monoisotopic (exact) mass is 286 g/mol. The van der Waals surface area contributed by atoms with Gasteiger partial charge in [-0.3, -0.25) is 4.98 Å². The molecular weight excluding hydrogens is 275 g/mol. The molecule has 4 nitrogen and oxygen atoms in total. The molecule has 3 aromatic rings. The Labute approximate surface area is 120 Å². The van der Waals surface area contributed by atoms with Crippen molar-refractivity contribution in [3.63, 3.8) is 0 Å². The third-order valence-electron chi connectivity index (χ3n) is 3.00. The molecule has 3 rings (SSSR count). The second-order valence-electron chi connectivity index (χ2n) is 4.34. The number of halogens is 1. The lowest BCUT2D eigenvalue weighted by Gasteiger charge is -2.04. The minimum atomic E-state index is -0.378. The van der Waals surface area contributed by atoms with E-state index in [2.05, 4.69) is 9.97 Å². The summed E-state index contributed by atoms with van der Waals surface area (Å²) in [6.07, 6.45) is 5.45. The second-order valence-corrected chi connectivity index (χ2v) is 4.86. The van der Waals surface area contributed by atoms with Crippen LogP contribution in [-0.4, -0.2) is 19.4 Å². The smallest absolute Gasteiger partial charge is 0.173 e. The van der Waals surface area contributed by atoms with Crippen LogP contribution in [0.3, 0.4) is 0 Å². The van der Waals surface area contributed by atoms with Gasteiger partial charge >= 0.3 is 0 Å². The van der Waals surface area contributed by atoms with Crippen LogP contribution in [-0.2, 0) is 6.42 Å². The lowest BCUT2D eigenvalue weighted by atomic mass is 10.1. The van der Waals surface area contributed by atoms with Crippen LogP contribution in [0.4, 0.5) is 4.39 Å². The Morgan fingerprint density at radius 2 is 2.05 bits per heavy atom. The van der Waals surface area contributed by atoms with E-state index in [-0.39, 0.29) is 11.5 Å². The van der Waals surface area contributed by atoms with Crippen LogP contribution in [0.5, 0.6) is 0 Å². The predicted octanol–water partition coefficient (Wildman–Crippen LogP) is 2.36. The van der Waals surface area contributed by atoms with Crippen molar-refractivity contribution >= 4 is 22.9 Å². The molecule has 0 radical (unpaired) electrons. The maximum atomic E-state index is 13.9. The molecule has 100 valence electrons. The summed E-state index contributed by atoms with van der Waals surface area (Å²) in [5.74, 6) is -0.378. The molecule has 0 amide bonds. The number of hydrogen-bond donors (Lipinski definition) is 1. The molecule has 0 bridgehead atoms. The zero-order valence-electron chi connectivity index (χ0n) is 10.5. The normalized spacial score (nSPS) is 10.8. The third-order valence-corrected chi connectivity index (χ3v) is 3.14. The fraction of sp³-hybridized carbons (Fsp3) is 0.0714. The van der Waals surface area contributed by atoms with Crippen LogP contribution in [0.2, 0.25) is 0 Å². The summed E-state index contributed by atoms with van der Waals surface area (Å²) in [6.45, 7) is 0. The fourth-order valence-corrected chi connectivity index (χ4v) is 2.29. The second kappa shape index (κ2) is 4.97. The summed E-state index contributed by atoms with van der Waals surface area (Å²) >= 11 is 4.98. The van der Waals surface area contributed by atoms with E-state index in [1.807, 2.05) is 12.1 Å². The van der Waals surface area contributed by atoms with Gasteiger partial charge in [0.15, 0.2) is 11.5 Å². The number of rotatable bonds is 3. The van der Waals surface area contributed by atoms with Crippen LogP contribution in [0.25, 0.3) is 16.9 Å². The van der Waals surface area contributed by atoms with Gasteiger partial charge in [-0.15, -0.1) is 0 Å². The Morgan fingerprint density at radius 3 is 2.75 bits per heavy atom. The molecule has 3 heterocycles. The van der Waals surface area contributed by atoms with Crippen molar-refractivity contribution in [3.05, 3.63) is 54.4 Å². The van der Waals surface area contributed by atoms with Crippen molar-refractivity contribution in [1.29, 1.82) is 0 Å². The zero-order chi connectivity index (χ0) is 14.1. The van der Waals surface area contributed by atoms with E-state index in [4.69, 9.17) is 18.0 Å². The van der Waals surface area contributed by atoms with E-state index in [1.165, 1.54) is 6.07 Å². The van der Waals surface area contributed by atoms with Gasteiger partial charge in [-0.05, 0) is 24.3 Å². The molecule has 0 unspecified atom stereocenters. The summed E-state index contributed by atoms with van der Waals surface area (Å²) < 4.78 is 15.6. The van der Waals surface area contributed by atoms with Gasteiger partial charge < -0.3 is 10.1 Å². The number of thiocarbonyl (C=S) groups is 1. The predicted molar refractivity (Wildman–Crippen MR) is 78.9 cm³/mol. The number of pyridine rings is 2. The summed E-state index contributed by atoms with van der Waals surface area (Å²) in [5, 5.41) is 0. The summed E-state index contributed by atoms with van der Waals surface area (Å²) in [6, 6.07) is 6.65. The van der Waals surface area contributed by atoms with Gasteiger partial charge in [0.05, 0.1) is 16.4 Å². The first-order valence-electron chi connectivity index (χ1n) is 6.01. The minimum Gasteiger partial charge on any atom is -0.393 e. The lowest BCUT2D eigenvalue weighted by Crippen LogP contribution is -2.13. The average Bonchev–Trinajstić information content (AvgIpc) is 2.80. The van der Waals surface area contributed by atoms with Crippen LogP contribution >= 0.6 is 12.2 Å². The number of nitrogens with two attached hydrogens (primary N) is 1. The van der Waals surface area contributed by atoms with Crippen molar-refractivity contribution in [1.82, 2.24) is 14.4 Å². The van der Waals surface area contributed by atoms with Gasteiger partial charge in [-0.1, -0.05) is 12.2 Å². The molecule has 0 spiro atoms. The summed E-state index contributed by atoms with van der Waals surface area (Å²) in [4.78, 5) is 8.69. The number of fused-ring (bicyclic) bond motifs is 1. The van der Waals surface area contributed by atoms with Gasteiger partial charge in [-0.25, -0.2) is 9.37 Å². The van der Waals surface area contributed by atoms with E-state index >= 15 is 0 Å². The zero-order valence-corrected chi connectivity index (χ0v) is 11.3. The Bertz CT molecular complexity index is 782. The van der Waals surface area contributed by atoms with E-state index in [0.717, 1.165) is 11.3 Å². The number of imidazole rings is 1. The summed E-state index contributed by atoms with van der Waals surface area (Å²) in [5.41, 5.74) is 8.22. The minimum absolute atomic E-state index is 0.269. The van der Waals surface area contributed by atoms with Crippen molar-refractivity contribution in [2.75, 3.05) is 0 Å². The highest BCUT2D eigenvalue weighted by molar-refractivity contribution is 7.80. The molecule has 3 aromatic heterocycles. The molecule has 6 heteroatoms. The van der Waals surface area contributed by atoms with Crippen LogP contribution < -0.4 is 5.73 Å². The molecule has 0 saturated heterocycles. The molecule has 0 aliphatic carbocycles. The van der Waals surface area contributed by atoms with Crippen molar-refractivity contribution in [2.24, 2.45) is 5.73 Å². The van der Waals surface area contributed by atoms with Crippen molar-refractivity contribution in [2.45, 2.75) is 6.42 Å². The molecular formula is C14H11FN4S. The van der Waals surface area contributed by atoms with E-state index in [9.17, 15) is 4.39 Å². The Kier molecular flexibility index (Phi) is 3.15. The first kappa shape index (κ1) is 12.7. The Hall–Kier alpha value is -2.34. The highest BCUT2D eigenvalue weighted by atomic mass is 32.1. The van der Waals surface area contributed by atoms with E-state index in [1.54, 1.807) is 29.1 Å².